The Hall–Kier alpha value is -0.820. The summed E-state index contributed by atoms with van der Waals surface area (Å²) < 4.78 is 5.43. The molecule has 0 saturated carbocycles. The van der Waals surface area contributed by atoms with Gasteiger partial charge in [0.1, 0.15) is 0 Å². The largest absolute Gasteiger partial charge is 0.381 e. The van der Waals surface area contributed by atoms with Crippen LogP contribution in [0, 0.1) is 5.92 Å². The number of benzene rings is 1. The minimum Gasteiger partial charge on any atom is -0.381 e. The van der Waals surface area contributed by atoms with Gasteiger partial charge in [-0.1, -0.05) is 44.2 Å². The third kappa shape index (κ3) is 2.58. The van der Waals surface area contributed by atoms with Gasteiger partial charge in [0.05, 0.1) is 6.10 Å². The van der Waals surface area contributed by atoms with Gasteiger partial charge in [-0.15, -0.1) is 0 Å². The van der Waals surface area contributed by atoms with Gasteiger partial charge in [-0.2, -0.15) is 0 Å². The van der Waals surface area contributed by atoms with Crippen LogP contribution in [0.3, 0.4) is 0 Å². The molecule has 0 aromatic heterocycles. The van der Waals surface area contributed by atoms with Gasteiger partial charge in [0.15, 0.2) is 0 Å². The van der Waals surface area contributed by atoms with Crippen molar-refractivity contribution in [1.29, 1.82) is 0 Å². The molecule has 1 heteroatoms. The van der Waals surface area contributed by atoms with E-state index in [1.54, 1.807) is 7.11 Å². The first-order valence-corrected chi connectivity index (χ1v) is 5.24. The molecule has 0 bridgehead atoms. The van der Waals surface area contributed by atoms with E-state index >= 15 is 0 Å². The van der Waals surface area contributed by atoms with Crippen molar-refractivity contribution in [2.75, 3.05) is 7.11 Å². The standard InChI is InChI=1S/C13H20O/c1-10(2)13(11(3)14-4)12-8-6-5-7-9-12/h5-11,13H,1-4H3. The predicted molar refractivity (Wildman–Crippen MR) is 60.5 cm³/mol. The molecule has 0 fully saturated rings. The monoisotopic (exact) mass is 192 g/mol. The Bertz CT molecular complexity index is 253. The Morgan fingerprint density at radius 1 is 1.00 bits per heavy atom. The van der Waals surface area contributed by atoms with Gasteiger partial charge in [0.25, 0.3) is 0 Å². The van der Waals surface area contributed by atoms with E-state index in [2.05, 4.69) is 51.1 Å². The molecule has 0 saturated heterocycles. The highest BCUT2D eigenvalue weighted by Gasteiger charge is 2.21. The molecule has 0 spiro atoms. The lowest BCUT2D eigenvalue weighted by molar-refractivity contribution is 0.0793. The number of hydrogen-bond acceptors (Lipinski definition) is 1. The van der Waals surface area contributed by atoms with Crippen molar-refractivity contribution >= 4 is 0 Å². The fourth-order valence-corrected chi connectivity index (χ4v) is 2.02. The second kappa shape index (κ2) is 5.16. The Morgan fingerprint density at radius 3 is 2.00 bits per heavy atom. The second-order valence-corrected chi connectivity index (χ2v) is 4.12. The lowest BCUT2D eigenvalue weighted by atomic mass is 9.84. The molecular formula is C13H20O. The molecule has 1 aromatic rings. The van der Waals surface area contributed by atoms with Crippen LogP contribution in [0.5, 0.6) is 0 Å². The summed E-state index contributed by atoms with van der Waals surface area (Å²) in [5.74, 6) is 1.09. The van der Waals surface area contributed by atoms with Crippen molar-refractivity contribution in [3.8, 4) is 0 Å². The van der Waals surface area contributed by atoms with E-state index in [0.717, 1.165) is 0 Å². The Labute approximate surface area is 87.1 Å². The smallest absolute Gasteiger partial charge is 0.0614 e. The zero-order valence-corrected chi connectivity index (χ0v) is 9.53. The highest BCUT2D eigenvalue weighted by Crippen LogP contribution is 2.28. The van der Waals surface area contributed by atoms with E-state index in [-0.39, 0.29) is 6.10 Å². The first kappa shape index (κ1) is 11.3. The molecule has 0 heterocycles. The first-order valence-electron chi connectivity index (χ1n) is 5.24. The highest BCUT2D eigenvalue weighted by atomic mass is 16.5. The summed E-state index contributed by atoms with van der Waals surface area (Å²) in [5.41, 5.74) is 1.37. The Morgan fingerprint density at radius 2 is 1.57 bits per heavy atom. The van der Waals surface area contributed by atoms with Crippen molar-refractivity contribution in [3.63, 3.8) is 0 Å². The van der Waals surface area contributed by atoms with Gasteiger partial charge in [0, 0.05) is 13.0 Å². The van der Waals surface area contributed by atoms with Crippen molar-refractivity contribution in [2.24, 2.45) is 5.92 Å². The fourth-order valence-electron chi connectivity index (χ4n) is 2.02. The number of rotatable bonds is 4. The van der Waals surface area contributed by atoms with Gasteiger partial charge < -0.3 is 4.74 Å². The van der Waals surface area contributed by atoms with Crippen LogP contribution in [-0.2, 0) is 4.74 Å². The van der Waals surface area contributed by atoms with Gasteiger partial charge in [0.2, 0.25) is 0 Å². The number of methoxy groups -OCH3 is 1. The molecule has 0 amide bonds. The van der Waals surface area contributed by atoms with Crippen LogP contribution < -0.4 is 0 Å². The minimum absolute atomic E-state index is 0.275. The lowest BCUT2D eigenvalue weighted by Gasteiger charge is -2.26. The van der Waals surface area contributed by atoms with E-state index in [0.29, 0.717) is 11.8 Å². The molecule has 14 heavy (non-hydrogen) atoms. The van der Waals surface area contributed by atoms with E-state index < -0.39 is 0 Å². The quantitative estimate of drug-likeness (QED) is 0.710. The van der Waals surface area contributed by atoms with Crippen LogP contribution in [0.2, 0.25) is 0 Å². The maximum absolute atomic E-state index is 5.43. The summed E-state index contributed by atoms with van der Waals surface area (Å²) in [6, 6.07) is 10.6. The molecule has 0 radical (unpaired) electrons. The van der Waals surface area contributed by atoms with Gasteiger partial charge in [-0.3, -0.25) is 0 Å². The summed E-state index contributed by atoms with van der Waals surface area (Å²) in [7, 11) is 1.78. The molecule has 2 atom stereocenters. The maximum atomic E-state index is 5.43. The van der Waals surface area contributed by atoms with Crippen LogP contribution in [0.1, 0.15) is 32.3 Å². The number of ether oxygens (including phenoxy) is 1. The molecule has 78 valence electrons. The third-order valence-corrected chi connectivity index (χ3v) is 2.78. The number of hydrogen-bond donors (Lipinski definition) is 0. The minimum atomic E-state index is 0.275. The summed E-state index contributed by atoms with van der Waals surface area (Å²) in [6.45, 7) is 6.62. The van der Waals surface area contributed by atoms with Gasteiger partial charge in [-0.25, -0.2) is 0 Å². The van der Waals surface area contributed by atoms with Crippen LogP contribution in [0.25, 0.3) is 0 Å². The van der Waals surface area contributed by atoms with Crippen LogP contribution in [0.4, 0.5) is 0 Å². The molecule has 2 unspecified atom stereocenters. The molecule has 0 aliphatic carbocycles. The topological polar surface area (TPSA) is 9.23 Å². The van der Waals surface area contributed by atoms with E-state index in [1.807, 2.05) is 0 Å². The van der Waals surface area contributed by atoms with E-state index in [9.17, 15) is 0 Å². The molecule has 0 aliphatic rings. The maximum Gasteiger partial charge on any atom is 0.0614 e. The zero-order valence-electron chi connectivity index (χ0n) is 9.53. The normalized spacial score (nSPS) is 15.5. The van der Waals surface area contributed by atoms with Gasteiger partial charge >= 0.3 is 0 Å². The summed E-state index contributed by atoms with van der Waals surface area (Å²) in [5, 5.41) is 0. The summed E-state index contributed by atoms with van der Waals surface area (Å²) >= 11 is 0. The lowest BCUT2D eigenvalue weighted by Crippen LogP contribution is -2.22. The van der Waals surface area contributed by atoms with E-state index in [4.69, 9.17) is 4.74 Å². The summed E-state index contributed by atoms with van der Waals surface area (Å²) in [4.78, 5) is 0. The predicted octanol–water partition coefficient (Wildman–Crippen LogP) is 3.46. The third-order valence-electron chi connectivity index (χ3n) is 2.78. The van der Waals surface area contributed by atoms with Crippen LogP contribution >= 0.6 is 0 Å². The van der Waals surface area contributed by atoms with Gasteiger partial charge in [-0.05, 0) is 18.4 Å². The Kier molecular flexibility index (Phi) is 4.15. The molecule has 1 nitrogen and oxygen atoms in total. The Balaban J connectivity index is 2.89. The average molecular weight is 192 g/mol. The SMILES string of the molecule is COC(C)C(c1ccccc1)C(C)C. The van der Waals surface area contributed by atoms with Crippen molar-refractivity contribution in [1.82, 2.24) is 0 Å². The first-order chi connectivity index (χ1) is 6.66. The average Bonchev–Trinajstić information content (AvgIpc) is 2.19. The molecular weight excluding hydrogens is 172 g/mol. The molecule has 0 aliphatic heterocycles. The van der Waals surface area contributed by atoms with E-state index in [1.165, 1.54) is 5.56 Å². The van der Waals surface area contributed by atoms with Crippen molar-refractivity contribution in [2.45, 2.75) is 32.8 Å². The van der Waals surface area contributed by atoms with Crippen LogP contribution in [-0.4, -0.2) is 13.2 Å². The van der Waals surface area contributed by atoms with Crippen LogP contribution in [0.15, 0.2) is 30.3 Å². The summed E-state index contributed by atoms with van der Waals surface area (Å²) in [6.07, 6.45) is 0.275. The second-order valence-electron chi connectivity index (χ2n) is 4.12. The van der Waals surface area contributed by atoms with Crippen molar-refractivity contribution < 1.29 is 4.74 Å². The highest BCUT2D eigenvalue weighted by molar-refractivity contribution is 5.21. The molecule has 1 aromatic carbocycles. The fraction of sp³-hybridized carbons (Fsp3) is 0.538. The molecule has 0 N–H and O–H groups in total. The molecule has 1 rings (SSSR count). The zero-order chi connectivity index (χ0) is 10.6. The van der Waals surface area contributed by atoms with Crippen molar-refractivity contribution in [3.05, 3.63) is 35.9 Å².